The van der Waals surface area contributed by atoms with Gasteiger partial charge in [0, 0.05) is 17.1 Å². The van der Waals surface area contributed by atoms with Crippen molar-refractivity contribution in [1.29, 1.82) is 5.26 Å². The summed E-state index contributed by atoms with van der Waals surface area (Å²) in [6, 6.07) is 6.59. The van der Waals surface area contributed by atoms with Gasteiger partial charge in [-0.1, -0.05) is 29.8 Å². The molecule has 2 heterocycles. The molecule has 0 spiro atoms. The van der Waals surface area contributed by atoms with Crippen LogP contribution >= 0.6 is 11.6 Å². The van der Waals surface area contributed by atoms with Crippen LogP contribution < -0.4 is 11.5 Å². The highest BCUT2D eigenvalue weighted by molar-refractivity contribution is 6.30. The number of benzene rings is 1. The van der Waals surface area contributed by atoms with Crippen molar-refractivity contribution in [3.05, 3.63) is 58.8 Å². The first kappa shape index (κ1) is 20.4. The van der Waals surface area contributed by atoms with E-state index in [2.05, 4.69) is 6.07 Å². The van der Waals surface area contributed by atoms with E-state index in [1.54, 1.807) is 31.2 Å². The Balaban J connectivity index is 2.28. The number of amides is 2. The Bertz CT molecular complexity index is 966. The summed E-state index contributed by atoms with van der Waals surface area (Å²) in [5.41, 5.74) is 9.93. The van der Waals surface area contributed by atoms with Crippen LogP contribution in [0.3, 0.4) is 0 Å². The highest BCUT2D eigenvalue weighted by Gasteiger charge is 2.66. The zero-order valence-corrected chi connectivity index (χ0v) is 16.3. The highest BCUT2D eigenvalue weighted by atomic mass is 35.5. The molecule has 1 aromatic carbocycles. The van der Waals surface area contributed by atoms with E-state index in [-0.39, 0.29) is 12.2 Å². The molecule has 0 aliphatic carbocycles. The van der Waals surface area contributed by atoms with Gasteiger partial charge in [0.05, 0.1) is 24.3 Å². The molecule has 0 radical (unpaired) electrons. The van der Waals surface area contributed by atoms with Crippen molar-refractivity contribution in [3.63, 3.8) is 0 Å². The van der Waals surface area contributed by atoms with Crippen LogP contribution in [0.1, 0.15) is 18.4 Å². The first-order valence-corrected chi connectivity index (χ1v) is 9.26. The van der Waals surface area contributed by atoms with Crippen LogP contribution in [0.5, 0.6) is 0 Å². The number of nitrogens with zero attached hydrogens (tertiary/aromatic N) is 2. The quantitative estimate of drug-likeness (QED) is 0.688. The molecule has 1 fully saturated rings. The third-order valence-corrected chi connectivity index (χ3v) is 5.52. The monoisotopic (exact) mass is 414 g/mol. The van der Waals surface area contributed by atoms with Gasteiger partial charge < -0.3 is 21.1 Å². The summed E-state index contributed by atoms with van der Waals surface area (Å²) in [6.07, 6.45) is 4.30. The van der Waals surface area contributed by atoms with Crippen molar-refractivity contribution >= 4 is 29.4 Å². The van der Waals surface area contributed by atoms with Crippen molar-refractivity contribution in [2.75, 3.05) is 6.61 Å². The van der Waals surface area contributed by atoms with Gasteiger partial charge in [-0.15, -0.1) is 0 Å². The standard InChI is InChI=1S/C20H19ClN4O4/c1-2-29-19(28)20(10-22)14-8-5-12(17(23)26)9-25(14)16(18(24)27)15(20)11-3-6-13(21)7-4-11/h3-9,14-16H,2H2,1H3,(H2,23,26)(H2,24,27)/t14-,15-,16+,20-/m0/s1. The molecule has 1 aromatic rings. The predicted molar refractivity (Wildman–Crippen MR) is 104 cm³/mol. The Kier molecular flexibility index (Phi) is 5.36. The average Bonchev–Trinajstić information content (AvgIpc) is 2.99. The van der Waals surface area contributed by atoms with Crippen LogP contribution in [0, 0.1) is 16.7 Å². The number of esters is 1. The Hall–Kier alpha value is -3.31. The van der Waals surface area contributed by atoms with Gasteiger partial charge in [0.25, 0.3) is 0 Å². The van der Waals surface area contributed by atoms with Gasteiger partial charge in [-0.2, -0.15) is 5.26 Å². The topological polar surface area (TPSA) is 140 Å². The molecule has 150 valence electrons. The minimum atomic E-state index is -1.78. The van der Waals surface area contributed by atoms with Gasteiger partial charge in [-0.05, 0) is 30.7 Å². The van der Waals surface area contributed by atoms with Crippen molar-refractivity contribution in [3.8, 4) is 6.07 Å². The maximum absolute atomic E-state index is 13.1. The van der Waals surface area contributed by atoms with E-state index in [1.807, 2.05) is 0 Å². The second-order valence-corrected chi connectivity index (χ2v) is 7.21. The lowest BCUT2D eigenvalue weighted by Crippen LogP contribution is -2.45. The fourth-order valence-electron chi connectivity index (χ4n) is 4.08. The number of hydrogen-bond acceptors (Lipinski definition) is 6. The molecular weight excluding hydrogens is 396 g/mol. The van der Waals surface area contributed by atoms with Crippen LogP contribution in [0.4, 0.5) is 0 Å². The first-order valence-electron chi connectivity index (χ1n) is 8.88. The third-order valence-electron chi connectivity index (χ3n) is 5.26. The van der Waals surface area contributed by atoms with Gasteiger partial charge >= 0.3 is 5.97 Å². The van der Waals surface area contributed by atoms with Gasteiger partial charge in [-0.3, -0.25) is 14.4 Å². The van der Waals surface area contributed by atoms with E-state index in [9.17, 15) is 19.6 Å². The fraction of sp³-hybridized carbons (Fsp3) is 0.300. The van der Waals surface area contributed by atoms with E-state index >= 15 is 0 Å². The van der Waals surface area contributed by atoms with E-state index in [4.69, 9.17) is 27.8 Å². The van der Waals surface area contributed by atoms with Gasteiger partial charge in [0.2, 0.25) is 11.8 Å². The number of hydrogen-bond donors (Lipinski definition) is 2. The number of carbonyl (C=O) groups excluding carboxylic acids is 3. The molecule has 0 aromatic heterocycles. The number of halogens is 1. The molecule has 29 heavy (non-hydrogen) atoms. The van der Waals surface area contributed by atoms with Crippen molar-refractivity contribution < 1.29 is 19.1 Å². The SMILES string of the molecule is CCOC(=O)[C@@]1(C#N)[C@@H]2C=CC(C(N)=O)=CN2[C@@H](C(N)=O)[C@@H]1c1ccc(Cl)cc1. The molecular formula is C20H19ClN4O4. The number of rotatable bonds is 5. The second-order valence-electron chi connectivity index (χ2n) is 6.78. The average molecular weight is 415 g/mol. The van der Waals surface area contributed by atoms with Crippen molar-refractivity contribution in [1.82, 2.24) is 4.90 Å². The van der Waals surface area contributed by atoms with Crippen LogP contribution in [0.15, 0.2) is 48.2 Å². The van der Waals surface area contributed by atoms with E-state index < -0.39 is 41.2 Å². The van der Waals surface area contributed by atoms with Gasteiger partial charge in [-0.25, -0.2) is 0 Å². The molecule has 4 N–H and O–H groups in total. The number of primary amides is 2. The normalized spacial score (nSPS) is 27.6. The molecule has 8 nitrogen and oxygen atoms in total. The molecule has 2 amide bonds. The molecule has 1 saturated heterocycles. The summed E-state index contributed by atoms with van der Waals surface area (Å²) < 4.78 is 5.23. The summed E-state index contributed by atoms with van der Waals surface area (Å²) in [5, 5.41) is 10.7. The summed E-state index contributed by atoms with van der Waals surface area (Å²) in [7, 11) is 0. The largest absolute Gasteiger partial charge is 0.465 e. The van der Waals surface area contributed by atoms with Gasteiger partial charge in [0.1, 0.15) is 6.04 Å². The Labute approximate surface area is 172 Å². The lowest BCUT2D eigenvalue weighted by Gasteiger charge is -2.32. The Morgan fingerprint density at radius 1 is 1.28 bits per heavy atom. The maximum Gasteiger partial charge on any atom is 0.329 e. The Morgan fingerprint density at radius 3 is 2.45 bits per heavy atom. The van der Waals surface area contributed by atoms with Crippen LogP contribution in [-0.4, -0.2) is 41.4 Å². The summed E-state index contributed by atoms with van der Waals surface area (Å²) in [6.45, 7) is 1.68. The summed E-state index contributed by atoms with van der Waals surface area (Å²) in [5.74, 6) is -3.20. The third kappa shape index (κ3) is 3.13. The molecule has 0 saturated carbocycles. The lowest BCUT2D eigenvalue weighted by molar-refractivity contribution is -0.153. The zero-order chi connectivity index (χ0) is 21.3. The number of nitriles is 1. The van der Waals surface area contributed by atoms with E-state index in [0.717, 1.165) is 0 Å². The first-order chi connectivity index (χ1) is 13.8. The molecule has 2 aliphatic rings. The minimum Gasteiger partial charge on any atom is -0.465 e. The molecule has 4 atom stereocenters. The molecule has 2 aliphatic heterocycles. The maximum atomic E-state index is 13.1. The highest BCUT2D eigenvalue weighted by Crippen LogP contribution is 2.53. The van der Waals surface area contributed by atoms with E-state index in [1.165, 1.54) is 23.3 Å². The minimum absolute atomic E-state index is 0.0512. The van der Waals surface area contributed by atoms with Crippen LogP contribution in [-0.2, 0) is 19.1 Å². The van der Waals surface area contributed by atoms with Crippen LogP contribution in [0.2, 0.25) is 5.02 Å². The lowest BCUT2D eigenvalue weighted by atomic mass is 9.68. The molecule has 9 heteroatoms. The summed E-state index contributed by atoms with van der Waals surface area (Å²) in [4.78, 5) is 38.7. The number of carbonyl (C=O) groups is 3. The smallest absolute Gasteiger partial charge is 0.329 e. The molecule has 0 unspecified atom stereocenters. The van der Waals surface area contributed by atoms with Crippen LogP contribution in [0.25, 0.3) is 0 Å². The predicted octanol–water partition coefficient (Wildman–Crippen LogP) is 0.974. The Morgan fingerprint density at radius 2 is 1.93 bits per heavy atom. The number of fused-ring (bicyclic) bond motifs is 1. The summed E-state index contributed by atoms with van der Waals surface area (Å²) >= 11 is 5.98. The van der Waals surface area contributed by atoms with Crippen molar-refractivity contribution in [2.45, 2.75) is 24.9 Å². The zero-order valence-electron chi connectivity index (χ0n) is 15.5. The number of ether oxygens (including phenoxy) is 1. The molecule has 0 bridgehead atoms. The fourth-order valence-corrected chi connectivity index (χ4v) is 4.20. The van der Waals surface area contributed by atoms with Gasteiger partial charge in [0.15, 0.2) is 5.41 Å². The van der Waals surface area contributed by atoms with E-state index in [0.29, 0.717) is 10.6 Å². The number of nitrogens with two attached hydrogens (primary N) is 2. The van der Waals surface area contributed by atoms with Crippen molar-refractivity contribution in [2.24, 2.45) is 16.9 Å². The second kappa shape index (κ2) is 7.60. The molecule has 3 rings (SSSR count).